The van der Waals surface area contributed by atoms with Gasteiger partial charge in [-0.1, -0.05) is 6.07 Å². The molecular weight excluding hydrogens is 234 g/mol. The van der Waals surface area contributed by atoms with E-state index in [9.17, 15) is 4.21 Å². The molecule has 4 atom stereocenters. The summed E-state index contributed by atoms with van der Waals surface area (Å²) < 4.78 is 17.4. The van der Waals surface area contributed by atoms with E-state index in [1.807, 2.05) is 6.07 Å². The molecule has 0 amide bonds. The van der Waals surface area contributed by atoms with Gasteiger partial charge < -0.3 is 10.1 Å². The van der Waals surface area contributed by atoms with Crippen molar-refractivity contribution in [1.82, 2.24) is 5.32 Å². The van der Waals surface area contributed by atoms with Gasteiger partial charge >= 0.3 is 0 Å². The van der Waals surface area contributed by atoms with Crippen LogP contribution in [0.3, 0.4) is 0 Å². The normalized spacial score (nSPS) is 35.2. The summed E-state index contributed by atoms with van der Waals surface area (Å²) in [6.45, 7) is 2.10. The van der Waals surface area contributed by atoms with Crippen LogP contribution < -0.4 is 10.1 Å². The summed E-state index contributed by atoms with van der Waals surface area (Å²) in [5.41, 5.74) is 2.59. The summed E-state index contributed by atoms with van der Waals surface area (Å²) in [7, 11) is 0.970. The first-order valence-electron chi connectivity index (χ1n) is 5.99. The molecule has 0 aromatic heterocycles. The summed E-state index contributed by atoms with van der Waals surface area (Å²) in [6.07, 6.45) is 0.927. The van der Waals surface area contributed by atoms with Crippen LogP contribution in [0.4, 0.5) is 0 Å². The van der Waals surface area contributed by atoms with Crippen molar-refractivity contribution in [3.05, 3.63) is 29.3 Å². The van der Waals surface area contributed by atoms with Gasteiger partial charge in [0.2, 0.25) is 0 Å². The minimum Gasteiger partial charge on any atom is -0.497 e. The standard InChI is InChI=1S/C13H17NO2S/c1-8-7-17(15)12-5-9-3-4-10(16-2)6-11(9)13(12)14-8/h3-4,6,8,12-14H,5,7H2,1-2H3. The van der Waals surface area contributed by atoms with Crippen molar-refractivity contribution in [2.75, 3.05) is 12.9 Å². The molecular formula is C13H17NO2S. The van der Waals surface area contributed by atoms with Crippen LogP contribution in [0.5, 0.6) is 5.75 Å². The highest BCUT2D eigenvalue weighted by Crippen LogP contribution is 2.38. The summed E-state index contributed by atoms with van der Waals surface area (Å²) in [6, 6.07) is 6.75. The highest BCUT2D eigenvalue weighted by molar-refractivity contribution is 7.85. The Morgan fingerprint density at radius 1 is 1.47 bits per heavy atom. The number of hydrogen-bond donors (Lipinski definition) is 1. The fraction of sp³-hybridized carbons (Fsp3) is 0.538. The molecule has 1 saturated heterocycles. The molecule has 3 nitrogen and oxygen atoms in total. The summed E-state index contributed by atoms with van der Waals surface area (Å²) in [5.74, 6) is 1.65. The molecule has 17 heavy (non-hydrogen) atoms. The van der Waals surface area contributed by atoms with Crippen molar-refractivity contribution >= 4 is 10.8 Å². The maximum absolute atomic E-state index is 12.1. The molecule has 0 radical (unpaired) electrons. The summed E-state index contributed by atoms with van der Waals surface area (Å²) >= 11 is 0. The van der Waals surface area contributed by atoms with Gasteiger partial charge in [0.05, 0.1) is 12.4 Å². The van der Waals surface area contributed by atoms with Crippen molar-refractivity contribution in [3.63, 3.8) is 0 Å². The number of fused-ring (bicyclic) bond motifs is 3. The van der Waals surface area contributed by atoms with Gasteiger partial charge in [0.1, 0.15) is 5.75 Å². The fourth-order valence-electron chi connectivity index (χ4n) is 2.88. The van der Waals surface area contributed by atoms with Crippen LogP contribution in [0.2, 0.25) is 0 Å². The zero-order chi connectivity index (χ0) is 12.0. The van der Waals surface area contributed by atoms with Crippen molar-refractivity contribution in [1.29, 1.82) is 0 Å². The third-order valence-electron chi connectivity index (χ3n) is 3.70. The van der Waals surface area contributed by atoms with E-state index in [4.69, 9.17) is 4.74 Å². The number of rotatable bonds is 1. The maximum Gasteiger partial charge on any atom is 0.119 e. The molecule has 1 aliphatic carbocycles. The van der Waals surface area contributed by atoms with E-state index >= 15 is 0 Å². The minimum absolute atomic E-state index is 0.240. The molecule has 0 bridgehead atoms. The third-order valence-corrected chi connectivity index (χ3v) is 5.64. The molecule has 1 aliphatic heterocycles. The summed E-state index contributed by atoms with van der Waals surface area (Å²) in [4.78, 5) is 0. The van der Waals surface area contributed by atoms with Gasteiger partial charge in [0.25, 0.3) is 0 Å². The lowest BCUT2D eigenvalue weighted by molar-refractivity contribution is 0.412. The Labute approximate surface area is 104 Å². The lowest BCUT2D eigenvalue weighted by atomic mass is 10.1. The number of methoxy groups -OCH3 is 1. The van der Waals surface area contributed by atoms with Gasteiger partial charge in [0.15, 0.2) is 0 Å². The second kappa shape index (κ2) is 4.10. The van der Waals surface area contributed by atoms with E-state index in [1.165, 1.54) is 11.1 Å². The number of benzene rings is 1. The van der Waals surface area contributed by atoms with Crippen LogP contribution in [0.15, 0.2) is 18.2 Å². The smallest absolute Gasteiger partial charge is 0.119 e. The lowest BCUT2D eigenvalue weighted by Crippen LogP contribution is -2.47. The zero-order valence-corrected chi connectivity index (χ0v) is 10.9. The predicted molar refractivity (Wildman–Crippen MR) is 68.8 cm³/mol. The SMILES string of the molecule is COc1ccc2c(c1)C1NC(C)CS(=O)C1C2. The third kappa shape index (κ3) is 1.79. The topological polar surface area (TPSA) is 38.3 Å². The molecule has 0 spiro atoms. The van der Waals surface area contributed by atoms with Crippen LogP contribution in [0.25, 0.3) is 0 Å². The predicted octanol–water partition coefficient (Wildman–Crippen LogP) is 1.40. The van der Waals surface area contributed by atoms with Crippen molar-refractivity contribution in [3.8, 4) is 5.75 Å². The highest BCUT2D eigenvalue weighted by atomic mass is 32.2. The van der Waals surface area contributed by atoms with Crippen LogP contribution in [0.1, 0.15) is 24.1 Å². The molecule has 3 rings (SSSR count). The molecule has 1 aromatic rings. The van der Waals surface area contributed by atoms with E-state index in [0.717, 1.165) is 17.9 Å². The monoisotopic (exact) mass is 251 g/mol. The zero-order valence-electron chi connectivity index (χ0n) is 10.1. The molecule has 1 N–H and O–H groups in total. The number of hydrogen-bond acceptors (Lipinski definition) is 3. The molecule has 4 unspecified atom stereocenters. The first-order chi connectivity index (χ1) is 8.19. The molecule has 1 fully saturated rings. The van der Waals surface area contributed by atoms with Gasteiger partial charge in [-0.3, -0.25) is 4.21 Å². The highest BCUT2D eigenvalue weighted by Gasteiger charge is 2.40. The lowest BCUT2D eigenvalue weighted by Gasteiger charge is -2.31. The molecule has 1 heterocycles. The van der Waals surface area contributed by atoms with Crippen molar-refractivity contribution in [2.45, 2.75) is 30.7 Å². The fourth-order valence-corrected chi connectivity index (χ4v) is 4.61. The number of nitrogens with one attached hydrogen (secondary N) is 1. The Bertz CT molecular complexity index is 474. The van der Waals surface area contributed by atoms with E-state index in [2.05, 4.69) is 24.4 Å². The average Bonchev–Trinajstić information content (AvgIpc) is 2.67. The largest absolute Gasteiger partial charge is 0.497 e. The first-order valence-corrected chi connectivity index (χ1v) is 7.37. The molecule has 2 aliphatic rings. The van der Waals surface area contributed by atoms with Crippen LogP contribution in [-0.2, 0) is 17.2 Å². The van der Waals surface area contributed by atoms with Gasteiger partial charge in [0, 0.05) is 28.6 Å². The Balaban J connectivity index is 2.00. The Hall–Kier alpha value is -0.870. The number of ether oxygens (including phenoxy) is 1. The van der Waals surface area contributed by atoms with E-state index in [0.29, 0.717) is 6.04 Å². The van der Waals surface area contributed by atoms with E-state index < -0.39 is 10.8 Å². The van der Waals surface area contributed by atoms with Gasteiger partial charge in [-0.15, -0.1) is 0 Å². The Kier molecular flexibility index (Phi) is 2.71. The van der Waals surface area contributed by atoms with Crippen LogP contribution in [0, 0.1) is 0 Å². The van der Waals surface area contributed by atoms with Crippen LogP contribution in [-0.4, -0.2) is 28.4 Å². The molecule has 92 valence electrons. The maximum atomic E-state index is 12.1. The van der Waals surface area contributed by atoms with Crippen molar-refractivity contribution < 1.29 is 8.95 Å². The van der Waals surface area contributed by atoms with E-state index in [1.54, 1.807) is 7.11 Å². The second-order valence-electron chi connectivity index (χ2n) is 4.90. The molecule has 1 aromatic carbocycles. The van der Waals surface area contributed by atoms with Gasteiger partial charge in [-0.25, -0.2) is 0 Å². The Morgan fingerprint density at radius 3 is 3.06 bits per heavy atom. The average molecular weight is 251 g/mol. The Morgan fingerprint density at radius 2 is 2.29 bits per heavy atom. The van der Waals surface area contributed by atoms with Crippen LogP contribution >= 0.6 is 0 Å². The molecule has 4 heteroatoms. The van der Waals surface area contributed by atoms with Gasteiger partial charge in [-0.2, -0.15) is 0 Å². The molecule has 0 saturated carbocycles. The van der Waals surface area contributed by atoms with E-state index in [-0.39, 0.29) is 11.3 Å². The van der Waals surface area contributed by atoms with Gasteiger partial charge in [-0.05, 0) is 36.6 Å². The van der Waals surface area contributed by atoms with Crippen molar-refractivity contribution in [2.24, 2.45) is 0 Å². The minimum atomic E-state index is -0.714. The quantitative estimate of drug-likeness (QED) is 0.820. The second-order valence-corrected chi connectivity index (χ2v) is 6.60. The first kappa shape index (κ1) is 11.2. The summed E-state index contributed by atoms with van der Waals surface area (Å²) in [5, 5.41) is 3.81.